The van der Waals surface area contributed by atoms with E-state index in [4.69, 9.17) is 0 Å². The maximum Gasteiger partial charge on any atom is 0.0292 e. The van der Waals surface area contributed by atoms with E-state index in [9.17, 15) is 0 Å². The summed E-state index contributed by atoms with van der Waals surface area (Å²) in [5.74, 6) is 0.565. The number of nitrogens with zero attached hydrogens (tertiary/aromatic N) is 1. The van der Waals surface area contributed by atoms with E-state index >= 15 is 0 Å². The van der Waals surface area contributed by atoms with Gasteiger partial charge in [-0.05, 0) is 49.3 Å². The van der Waals surface area contributed by atoms with Crippen LogP contribution in [0, 0.1) is 0 Å². The zero-order chi connectivity index (χ0) is 13.7. The van der Waals surface area contributed by atoms with E-state index in [2.05, 4.69) is 60.7 Å². The minimum Gasteiger partial charge on any atom is -0.301 e. The quantitative estimate of drug-likeness (QED) is 0.649. The molecular formula is C16H24ClNS2. The second-order valence-electron chi connectivity index (χ2n) is 4.89. The molecule has 1 nitrogen and oxygen atoms in total. The van der Waals surface area contributed by atoms with Crippen LogP contribution in [-0.2, 0) is 0 Å². The molecule has 0 spiro atoms. The van der Waals surface area contributed by atoms with E-state index in [0.29, 0.717) is 12.0 Å². The highest BCUT2D eigenvalue weighted by atomic mass is 35.5. The SMILES string of the molecule is CCN(CC)C(C)CC(c1cccs1)c1cccs1.Cl. The molecule has 2 heterocycles. The molecule has 0 saturated carbocycles. The Morgan fingerprint density at radius 1 is 1.00 bits per heavy atom. The molecule has 0 amide bonds. The van der Waals surface area contributed by atoms with Crippen molar-refractivity contribution in [3.05, 3.63) is 44.8 Å². The van der Waals surface area contributed by atoms with E-state index in [1.54, 1.807) is 0 Å². The molecule has 0 aliphatic rings. The molecule has 0 N–H and O–H groups in total. The first-order chi connectivity index (χ1) is 9.26. The van der Waals surface area contributed by atoms with Gasteiger partial charge in [-0.1, -0.05) is 26.0 Å². The fraction of sp³-hybridized carbons (Fsp3) is 0.500. The smallest absolute Gasteiger partial charge is 0.0292 e. The fourth-order valence-corrected chi connectivity index (χ4v) is 4.48. The topological polar surface area (TPSA) is 3.24 Å². The molecule has 0 bridgehead atoms. The summed E-state index contributed by atoms with van der Waals surface area (Å²) in [5, 5.41) is 4.38. The minimum atomic E-state index is 0. The van der Waals surface area contributed by atoms with Crippen LogP contribution in [0.4, 0.5) is 0 Å². The van der Waals surface area contributed by atoms with Gasteiger partial charge >= 0.3 is 0 Å². The summed E-state index contributed by atoms with van der Waals surface area (Å²) in [6.45, 7) is 9.15. The third-order valence-corrected chi connectivity index (χ3v) is 5.76. The Hall–Kier alpha value is -0.350. The Bertz CT molecular complexity index is 415. The maximum absolute atomic E-state index is 2.55. The van der Waals surface area contributed by atoms with E-state index < -0.39 is 0 Å². The summed E-state index contributed by atoms with van der Waals surface area (Å²) in [6.07, 6.45) is 1.21. The molecule has 0 fully saturated rings. The zero-order valence-corrected chi connectivity index (χ0v) is 14.9. The van der Waals surface area contributed by atoms with Gasteiger partial charge in [-0.25, -0.2) is 0 Å². The Kier molecular flexibility index (Phi) is 7.82. The first kappa shape index (κ1) is 17.7. The molecule has 1 atom stereocenters. The van der Waals surface area contributed by atoms with Crippen molar-refractivity contribution in [1.29, 1.82) is 0 Å². The Morgan fingerprint density at radius 2 is 1.50 bits per heavy atom. The summed E-state index contributed by atoms with van der Waals surface area (Å²) < 4.78 is 0. The van der Waals surface area contributed by atoms with Crippen molar-refractivity contribution >= 4 is 35.1 Å². The lowest BCUT2D eigenvalue weighted by Crippen LogP contribution is -2.33. The van der Waals surface area contributed by atoms with Crippen LogP contribution in [-0.4, -0.2) is 24.0 Å². The van der Waals surface area contributed by atoms with Gasteiger partial charge < -0.3 is 4.90 Å². The zero-order valence-electron chi connectivity index (χ0n) is 12.4. The molecular weight excluding hydrogens is 306 g/mol. The first-order valence-corrected chi connectivity index (χ1v) is 8.83. The number of thiophene rings is 2. The van der Waals surface area contributed by atoms with E-state index in [0.717, 1.165) is 13.1 Å². The van der Waals surface area contributed by atoms with Gasteiger partial charge in [0.1, 0.15) is 0 Å². The highest BCUT2D eigenvalue weighted by Gasteiger charge is 2.21. The van der Waals surface area contributed by atoms with Crippen LogP contribution in [0.25, 0.3) is 0 Å². The minimum absolute atomic E-state index is 0. The van der Waals surface area contributed by atoms with Crippen molar-refractivity contribution in [2.75, 3.05) is 13.1 Å². The largest absolute Gasteiger partial charge is 0.301 e. The van der Waals surface area contributed by atoms with Crippen molar-refractivity contribution in [3.63, 3.8) is 0 Å². The molecule has 0 aliphatic carbocycles. The van der Waals surface area contributed by atoms with Crippen LogP contribution in [0.1, 0.15) is 42.9 Å². The molecule has 112 valence electrons. The Labute approximate surface area is 137 Å². The number of halogens is 1. The standard InChI is InChI=1S/C16H23NS2.ClH/c1-4-17(5-2)13(3)12-14(15-8-6-10-18-15)16-9-7-11-19-16;/h6-11,13-14H,4-5,12H2,1-3H3;1H. The molecule has 2 aromatic rings. The number of hydrogen-bond donors (Lipinski definition) is 0. The summed E-state index contributed by atoms with van der Waals surface area (Å²) in [5.41, 5.74) is 0. The lowest BCUT2D eigenvalue weighted by molar-refractivity contribution is 0.216. The number of hydrogen-bond acceptors (Lipinski definition) is 3. The third-order valence-electron chi connectivity index (χ3n) is 3.79. The van der Waals surface area contributed by atoms with Gasteiger partial charge in [0.05, 0.1) is 0 Å². The summed E-state index contributed by atoms with van der Waals surface area (Å²) in [7, 11) is 0. The molecule has 0 aliphatic heterocycles. The first-order valence-electron chi connectivity index (χ1n) is 7.07. The lowest BCUT2D eigenvalue weighted by Gasteiger charge is -2.29. The van der Waals surface area contributed by atoms with Crippen LogP contribution in [0.3, 0.4) is 0 Å². The second-order valence-corrected chi connectivity index (χ2v) is 6.85. The molecule has 0 saturated heterocycles. The molecule has 2 rings (SSSR count). The van der Waals surface area contributed by atoms with Gasteiger partial charge in [0.2, 0.25) is 0 Å². The third kappa shape index (κ3) is 4.32. The van der Waals surface area contributed by atoms with Crippen LogP contribution >= 0.6 is 35.1 Å². The van der Waals surface area contributed by atoms with Crippen molar-refractivity contribution in [3.8, 4) is 0 Å². The highest BCUT2D eigenvalue weighted by Crippen LogP contribution is 2.35. The molecule has 20 heavy (non-hydrogen) atoms. The fourth-order valence-electron chi connectivity index (χ4n) is 2.69. The normalized spacial score (nSPS) is 12.7. The van der Waals surface area contributed by atoms with Crippen molar-refractivity contribution in [2.24, 2.45) is 0 Å². The Balaban J connectivity index is 0.00000200. The molecule has 0 aromatic carbocycles. The van der Waals surface area contributed by atoms with Gasteiger partial charge in [0.15, 0.2) is 0 Å². The maximum atomic E-state index is 2.55. The average molecular weight is 330 g/mol. The van der Waals surface area contributed by atoms with Crippen molar-refractivity contribution < 1.29 is 0 Å². The monoisotopic (exact) mass is 329 g/mol. The van der Waals surface area contributed by atoms with Crippen LogP contribution < -0.4 is 0 Å². The van der Waals surface area contributed by atoms with E-state index in [1.807, 2.05) is 22.7 Å². The van der Waals surface area contributed by atoms with Crippen molar-refractivity contribution in [2.45, 2.75) is 39.2 Å². The lowest BCUT2D eigenvalue weighted by atomic mass is 9.96. The van der Waals surface area contributed by atoms with Crippen LogP contribution in [0.5, 0.6) is 0 Å². The van der Waals surface area contributed by atoms with E-state index in [-0.39, 0.29) is 12.4 Å². The molecule has 0 radical (unpaired) electrons. The van der Waals surface area contributed by atoms with Crippen LogP contribution in [0.2, 0.25) is 0 Å². The number of rotatable bonds is 7. The van der Waals surface area contributed by atoms with Gasteiger partial charge in [-0.15, -0.1) is 35.1 Å². The highest BCUT2D eigenvalue weighted by molar-refractivity contribution is 7.11. The van der Waals surface area contributed by atoms with Gasteiger partial charge in [-0.2, -0.15) is 0 Å². The molecule has 2 aromatic heterocycles. The summed E-state index contributed by atoms with van der Waals surface area (Å²) in [4.78, 5) is 5.55. The van der Waals surface area contributed by atoms with E-state index in [1.165, 1.54) is 16.2 Å². The van der Waals surface area contributed by atoms with Gasteiger partial charge in [0, 0.05) is 21.7 Å². The van der Waals surface area contributed by atoms with Gasteiger partial charge in [0.25, 0.3) is 0 Å². The molecule has 1 unspecified atom stereocenters. The van der Waals surface area contributed by atoms with Crippen LogP contribution in [0.15, 0.2) is 35.0 Å². The van der Waals surface area contributed by atoms with Crippen molar-refractivity contribution in [1.82, 2.24) is 4.90 Å². The summed E-state index contributed by atoms with van der Waals surface area (Å²) in [6, 6.07) is 9.53. The predicted octanol–water partition coefficient (Wildman–Crippen LogP) is 5.48. The summed E-state index contributed by atoms with van der Waals surface area (Å²) >= 11 is 3.77. The second kappa shape index (κ2) is 8.83. The average Bonchev–Trinajstić information content (AvgIpc) is 3.11. The molecule has 4 heteroatoms. The predicted molar refractivity (Wildman–Crippen MR) is 94.7 cm³/mol. The van der Waals surface area contributed by atoms with Gasteiger partial charge in [-0.3, -0.25) is 0 Å². The Morgan fingerprint density at radius 3 is 1.85 bits per heavy atom.